The van der Waals surface area contributed by atoms with Gasteiger partial charge < -0.3 is 9.47 Å². The van der Waals surface area contributed by atoms with Gasteiger partial charge in [-0.3, -0.25) is 0 Å². The molecule has 1 heterocycles. The number of hydrogen-bond acceptors (Lipinski definition) is 5. The van der Waals surface area contributed by atoms with E-state index in [-0.39, 0.29) is 5.82 Å². The molecule has 0 fully saturated rings. The van der Waals surface area contributed by atoms with Crippen molar-refractivity contribution >= 4 is 33.9 Å². The summed E-state index contributed by atoms with van der Waals surface area (Å²) in [5.41, 5.74) is -0.687. The van der Waals surface area contributed by atoms with E-state index < -0.39 is 23.4 Å². The van der Waals surface area contributed by atoms with Crippen LogP contribution >= 0.6 is 15.9 Å². The molecular formula is C16H23BrN2O4. The summed E-state index contributed by atoms with van der Waals surface area (Å²) in [6, 6.07) is 1.76. The molecule has 1 rings (SSSR count). The molecule has 0 N–H and O–H groups in total. The lowest BCUT2D eigenvalue weighted by atomic mass is 10.2. The van der Waals surface area contributed by atoms with Gasteiger partial charge in [-0.1, -0.05) is 0 Å². The molecule has 128 valence electrons. The number of carbonyl (C=O) groups is 2. The van der Waals surface area contributed by atoms with Crippen molar-refractivity contribution in [3.05, 3.63) is 22.3 Å². The molecule has 23 heavy (non-hydrogen) atoms. The van der Waals surface area contributed by atoms with E-state index in [1.807, 2.05) is 6.92 Å². The number of halogens is 1. The van der Waals surface area contributed by atoms with Gasteiger partial charge in [-0.15, -0.1) is 0 Å². The van der Waals surface area contributed by atoms with Crippen LogP contribution in [-0.2, 0) is 9.47 Å². The molecule has 0 aliphatic heterocycles. The summed E-state index contributed by atoms with van der Waals surface area (Å²) in [6.45, 7) is 12.1. The Labute approximate surface area is 145 Å². The second kappa shape index (κ2) is 6.86. The third-order valence-corrected chi connectivity index (χ3v) is 3.41. The Bertz CT molecular complexity index is 575. The van der Waals surface area contributed by atoms with Gasteiger partial charge >= 0.3 is 12.2 Å². The molecule has 0 spiro atoms. The van der Waals surface area contributed by atoms with Crippen LogP contribution in [0.25, 0.3) is 0 Å². The van der Waals surface area contributed by atoms with Crippen LogP contribution in [0.4, 0.5) is 15.4 Å². The Hall–Kier alpha value is -1.63. The van der Waals surface area contributed by atoms with Crippen molar-refractivity contribution in [2.24, 2.45) is 0 Å². The second-order valence-corrected chi connectivity index (χ2v) is 7.85. The molecule has 0 bridgehead atoms. The lowest BCUT2D eigenvalue weighted by Gasteiger charge is -2.28. The van der Waals surface area contributed by atoms with E-state index >= 15 is 0 Å². The average molecular weight is 387 g/mol. The number of rotatable bonds is 1. The number of hydrogen-bond donors (Lipinski definition) is 0. The first-order valence-electron chi connectivity index (χ1n) is 7.19. The summed E-state index contributed by atoms with van der Waals surface area (Å²) in [4.78, 5) is 29.9. The molecule has 1 aromatic heterocycles. The molecule has 6 nitrogen and oxygen atoms in total. The summed E-state index contributed by atoms with van der Waals surface area (Å²) in [5, 5.41) is 0. The third-order valence-electron chi connectivity index (χ3n) is 2.43. The number of aryl methyl sites for hydroxylation is 1. The maximum Gasteiger partial charge on any atom is 0.425 e. The van der Waals surface area contributed by atoms with E-state index in [9.17, 15) is 9.59 Å². The quantitative estimate of drug-likeness (QED) is 0.691. The van der Waals surface area contributed by atoms with E-state index in [1.165, 1.54) is 6.20 Å². The summed E-state index contributed by atoms with van der Waals surface area (Å²) in [7, 11) is 0. The predicted molar refractivity (Wildman–Crippen MR) is 91.6 cm³/mol. The molecule has 0 aliphatic rings. The molecule has 0 saturated heterocycles. The van der Waals surface area contributed by atoms with Crippen molar-refractivity contribution in [1.82, 2.24) is 4.98 Å². The highest BCUT2D eigenvalue weighted by Gasteiger charge is 2.34. The zero-order chi connectivity index (χ0) is 18.0. The highest BCUT2D eigenvalue weighted by Crippen LogP contribution is 2.29. The lowest BCUT2D eigenvalue weighted by Crippen LogP contribution is -2.44. The second-order valence-electron chi connectivity index (χ2n) is 7.06. The van der Waals surface area contributed by atoms with Crippen LogP contribution in [0.15, 0.2) is 16.7 Å². The van der Waals surface area contributed by atoms with Gasteiger partial charge in [-0.25, -0.2) is 14.6 Å². The van der Waals surface area contributed by atoms with Gasteiger partial charge in [-0.05, 0) is 76.0 Å². The van der Waals surface area contributed by atoms with Crippen LogP contribution in [0.3, 0.4) is 0 Å². The van der Waals surface area contributed by atoms with Crippen molar-refractivity contribution in [1.29, 1.82) is 0 Å². The Morgan fingerprint density at radius 3 is 1.87 bits per heavy atom. The number of amides is 2. The summed E-state index contributed by atoms with van der Waals surface area (Å²) in [5.74, 6) is 0.133. The van der Waals surface area contributed by atoms with Crippen LogP contribution in [0.2, 0.25) is 0 Å². The van der Waals surface area contributed by atoms with Crippen LogP contribution in [-0.4, -0.2) is 28.4 Å². The van der Waals surface area contributed by atoms with Gasteiger partial charge in [0.15, 0.2) is 5.82 Å². The lowest BCUT2D eigenvalue weighted by molar-refractivity contribution is 0.0429. The van der Waals surface area contributed by atoms with Crippen LogP contribution in [0.5, 0.6) is 0 Å². The molecule has 0 radical (unpaired) electrons. The first kappa shape index (κ1) is 19.4. The summed E-state index contributed by atoms with van der Waals surface area (Å²) >= 11 is 3.36. The largest absolute Gasteiger partial charge is 0.443 e. The minimum atomic E-state index is -0.842. The summed E-state index contributed by atoms with van der Waals surface area (Å²) in [6.07, 6.45) is -0.173. The molecular weight excluding hydrogens is 364 g/mol. The van der Waals surface area contributed by atoms with Crippen molar-refractivity contribution in [3.63, 3.8) is 0 Å². The molecule has 0 saturated carbocycles. The molecule has 2 amide bonds. The highest BCUT2D eigenvalue weighted by molar-refractivity contribution is 9.10. The van der Waals surface area contributed by atoms with Crippen molar-refractivity contribution in [2.45, 2.75) is 59.7 Å². The molecule has 0 aliphatic carbocycles. The van der Waals surface area contributed by atoms with Gasteiger partial charge in [0, 0.05) is 6.20 Å². The smallest absolute Gasteiger partial charge is 0.425 e. The highest BCUT2D eigenvalue weighted by atomic mass is 79.9. The monoisotopic (exact) mass is 386 g/mol. The Kier molecular flexibility index (Phi) is 5.79. The summed E-state index contributed by atoms with van der Waals surface area (Å²) < 4.78 is 11.1. The number of pyridine rings is 1. The fraction of sp³-hybridized carbons (Fsp3) is 0.562. The van der Waals surface area contributed by atoms with Gasteiger partial charge in [0.1, 0.15) is 11.2 Å². The third kappa shape index (κ3) is 5.82. The Morgan fingerprint density at radius 1 is 1.04 bits per heavy atom. The SMILES string of the molecule is Cc1ccnc(N(C(=O)OC(C)(C)C)C(=O)OC(C)(C)C)c1Br. The Morgan fingerprint density at radius 2 is 1.48 bits per heavy atom. The van der Waals surface area contributed by atoms with Crippen molar-refractivity contribution in [2.75, 3.05) is 4.90 Å². The molecule has 7 heteroatoms. The standard InChI is InChI=1S/C16H23BrN2O4/c1-10-8-9-18-12(11(10)17)19(13(20)22-15(2,3)4)14(21)23-16(5,6)7/h8-9H,1-7H3. The normalized spacial score (nSPS) is 11.8. The van der Waals surface area contributed by atoms with Gasteiger partial charge in [0.2, 0.25) is 0 Å². The molecule has 1 aromatic rings. The van der Waals surface area contributed by atoms with E-state index in [4.69, 9.17) is 9.47 Å². The molecule has 0 aromatic carbocycles. The maximum atomic E-state index is 12.5. The fourth-order valence-corrected chi connectivity index (χ4v) is 1.96. The van der Waals surface area contributed by atoms with E-state index in [0.29, 0.717) is 4.47 Å². The van der Waals surface area contributed by atoms with E-state index in [1.54, 1.807) is 47.6 Å². The zero-order valence-corrected chi connectivity index (χ0v) is 16.1. The van der Waals surface area contributed by atoms with Crippen molar-refractivity contribution in [3.8, 4) is 0 Å². The fourth-order valence-electron chi connectivity index (χ4n) is 1.54. The van der Waals surface area contributed by atoms with E-state index in [2.05, 4.69) is 20.9 Å². The number of carbonyl (C=O) groups excluding carboxylic acids is 2. The van der Waals surface area contributed by atoms with Crippen molar-refractivity contribution < 1.29 is 19.1 Å². The molecule has 0 unspecified atom stereocenters. The molecule has 0 atom stereocenters. The maximum absolute atomic E-state index is 12.5. The predicted octanol–water partition coefficient (Wildman–Crippen LogP) is 4.83. The Balaban J connectivity index is 3.29. The number of imide groups is 1. The average Bonchev–Trinajstić information content (AvgIpc) is 2.30. The van der Waals surface area contributed by atoms with Crippen LogP contribution in [0, 0.1) is 6.92 Å². The van der Waals surface area contributed by atoms with E-state index in [0.717, 1.165) is 10.5 Å². The van der Waals surface area contributed by atoms with Gasteiger partial charge in [0.05, 0.1) is 4.47 Å². The number of aromatic nitrogens is 1. The minimum Gasteiger partial charge on any atom is -0.443 e. The number of ether oxygens (including phenoxy) is 2. The number of nitrogens with zero attached hydrogens (tertiary/aromatic N) is 2. The van der Waals surface area contributed by atoms with Crippen LogP contribution in [0.1, 0.15) is 47.1 Å². The minimum absolute atomic E-state index is 0.133. The zero-order valence-electron chi connectivity index (χ0n) is 14.6. The topological polar surface area (TPSA) is 68.7 Å². The van der Waals surface area contributed by atoms with Gasteiger partial charge in [0.25, 0.3) is 0 Å². The first-order valence-corrected chi connectivity index (χ1v) is 7.98. The first-order chi connectivity index (χ1) is 10.3. The van der Waals surface area contributed by atoms with Crippen LogP contribution < -0.4 is 4.90 Å². The number of anilines is 1. The van der Waals surface area contributed by atoms with Gasteiger partial charge in [-0.2, -0.15) is 4.90 Å².